The van der Waals surface area contributed by atoms with Gasteiger partial charge in [0.2, 0.25) is 0 Å². The minimum Gasteiger partial charge on any atom is -0.496 e. The molecule has 2 rings (SSSR count). The van der Waals surface area contributed by atoms with Gasteiger partial charge in [0.15, 0.2) is 0 Å². The van der Waals surface area contributed by atoms with Gasteiger partial charge in [-0.05, 0) is 42.7 Å². The number of β-amino-alcohol motifs (C(OH)–C–C–N with tert-alkyl or cyclic N) is 1. The molecule has 1 aliphatic heterocycles. The van der Waals surface area contributed by atoms with Crippen LogP contribution in [0.4, 0.5) is 0 Å². The molecule has 1 unspecified atom stereocenters. The highest BCUT2D eigenvalue weighted by molar-refractivity contribution is 5.44. The van der Waals surface area contributed by atoms with E-state index >= 15 is 0 Å². The van der Waals surface area contributed by atoms with Crippen molar-refractivity contribution in [1.82, 2.24) is 10.2 Å². The average Bonchev–Trinajstić information content (AvgIpc) is 2.39. The van der Waals surface area contributed by atoms with Crippen molar-refractivity contribution in [2.24, 2.45) is 0 Å². The van der Waals surface area contributed by atoms with E-state index in [9.17, 15) is 5.11 Å². The molecule has 0 bridgehead atoms. The molecule has 1 saturated heterocycles. The maximum atomic E-state index is 10.4. The normalized spacial score (nSPS) is 18.3. The summed E-state index contributed by atoms with van der Waals surface area (Å²) in [6, 6.07) is 4.05. The minimum atomic E-state index is -0.429. The predicted octanol–water partition coefficient (Wildman–Crippen LogP) is 1.25. The lowest BCUT2D eigenvalue weighted by molar-refractivity contribution is 0.105. The molecule has 1 aromatic rings. The highest BCUT2D eigenvalue weighted by atomic mass is 16.5. The number of ether oxygens (including phenoxy) is 1. The number of benzene rings is 1. The Balaban J connectivity index is 2.08. The van der Waals surface area contributed by atoms with Crippen LogP contribution in [-0.2, 0) is 0 Å². The first kappa shape index (κ1) is 14.3. The van der Waals surface area contributed by atoms with Crippen LogP contribution in [0.25, 0.3) is 0 Å². The number of nitrogens with zero attached hydrogens (tertiary/aromatic N) is 1. The molecule has 1 heterocycles. The van der Waals surface area contributed by atoms with Crippen LogP contribution < -0.4 is 10.1 Å². The summed E-state index contributed by atoms with van der Waals surface area (Å²) in [4.78, 5) is 2.30. The summed E-state index contributed by atoms with van der Waals surface area (Å²) in [6.45, 7) is 8.77. The third-order valence-corrected chi connectivity index (χ3v) is 3.71. The molecular formula is C15H24N2O2. The number of rotatable bonds is 4. The van der Waals surface area contributed by atoms with Crippen molar-refractivity contribution >= 4 is 0 Å². The van der Waals surface area contributed by atoms with Crippen LogP contribution in [0.3, 0.4) is 0 Å². The molecule has 2 N–H and O–H groups in total. The second-order valence-electron chi connectivity index (χ2n) is 5.25. The number of methoxy groups -OCH3 is 1. The highest BCUT2D eigenvalue weighted by Gasteiger charge is 2.17. The summed E-state index contributed by atoms with van der Waals surface area (Å²) in [5.41, 5.74) is 3.14. The molecule has 4 heteroatoms. The minimum absolute atomic E-state index is 0.429. The van der Waals surface area contributed by atoms with E-state index in [0.717, 1.165) is 48.6 Å². The van der Waals surface area contributed by atoms with E-state index in [1.54, 1.807) is 7.11 Å². The van der Waals surface area contributed by atoms with Gasteiger partial charge < -0.3 is 15.2 Å². The first-order valence-electron chi connectivity index (χ1n) is 6.88. The Kier molecular flexibility index (Phi) is 4.80. The van der Waals surface area contributed by atoms with E-state index in [4.69, 9.17) is 4.74 Å². The average molecular weight is 264 g/mol. The third kappa shape index (κ3) is 3.47. The van der Waals surface area contributed by atoms with Crippen LogP contribution in [0.1, 0.15) is 22.8 Å². The van der Waals surface area contributed by atoms with Crippen LogP contribution in [0, 0.1) is 13.8 Å². The topological polar surface area (TPSA) is 44.7 Å². The van der Waals surface area contributed by atoms with Crippen molar-refractivity contribution in [3.8, 4) is 5.75 Å². The molecule has 19 heavy (non-hydrogen) atoms. The van der Waals surface area contributed by atoms with Gasteiger partial charge in [-0.25, -0.2) is 0 Å². The maximum absolute atomic E-state index is 10.4. The molecule has 1 aliphatic rings. The first-order valence-corrected chi connectivity index (χ1v) is 6.88. The molecule has 106 valence electrons. The zero-order chi connectivity index (χ0) is 13.8. The Bertz CT molecular complexity index is 405. The third-order valence-electron chi connectivity index (χ3n) is 3.71. The Labute approximate surface area is 115 Å². The zero-order valence-electron chi connectivity index (χ0n) is 12.1. The van der Waals surface area contributed by atoms with Gasteiger partial charge in [0, 0.05) is 32.7 Å². The van der Waals surface area contributed by atoms with Gasteiger partial charge in [-0.15, -0.1) is 0 Å². The van der Waals surface area contributed by atoms with Gasteiger partial charge in [0.05, 0.1) is 13.2 Å². The van der Waals surface area contributed by atoms with Crippen molar-refractivity contribution in [3.63, 3.8) is 0 Å². The molecule has 0 spiro atoms. The summed E-state index contributed by atoms with van der Waals surface area (Å²) in [5.74, 6) is 0.915. The Morgan fingerprint density at radius 1 is 1.26 bits per heavy atom. The van der Waals surface area contributed by atoms with Crippen LogP contribution >= 0.6 is 0 Å². The van der Waals surface area contributed by atoms with Crippen LogP contribution in [-0.4, -0.2) is 49.8 Å². The van der Waals surface area contributed by atoms with Gasteiger partial charge in [-0.2, -0.15) is 0 Å². The molecule has 0 aliphatic carbocycles. The SMILES string of the molecule is COc1c(C)cc(C(O)CN2CCNCC2)cc1C. The van der Waals surface area contributed by atoms with E-state index < -0.39 is 6.10 Å². The number of piperazine rings is 1. The zero-order valence-corrected chi connectivity index (χ0v) is 12.1. The molecule has 0 aromatic heterocycles. The summed E-state index contributed by atoms with van der Waals surface area (Å²) < 4.78 is 5.36. The Morgan fingerprint density at radius 2 is 1.84 bits per heavy atom. The maximum Gasteiger partial charge on any atom is 0.124 e. The molecule has 0 amide bonds. The van der Waals surface area contributed by atoms with E-state index in [2.05, 4.69) is 10.2 Å². The fourth-order valence-corrected chi connectivity index (χ4v) is 2.74. The largest absolute Gasteiger partial charge is 0.496 e. The lowest BCUT2D eigenvalue weighted by atomic mass is 10.0. The number of aliphatic hydroxyl groups excluding tert-OH is 1. The van der Waals surface area contributed by atoms with E-state index in [0.29, 0.717) is 6.54 Å². The number of aliphatic hydroxyl groups is 1. The van der Waals surface area contributed by atoms with Crippen molar-refractivity contribution in [3.05, 3.63) is 28.8 Å². The summed E-state index contributed by atoms with van der Waals surface area (Å²) in [5, 5.41) is 13.7. The summed E-state index contributed by atoms with van der Waals surface area (Å²) >= 11 is 0. The summed E-state index contributed by atoms with van der Waals surface area (Å²) in [6.07, 6.45) is -0.429. The van der Waals surface area contributed by atoms with E-state index in [1.165, 1.54) is 0 Å². The quantitative estimate of drug-likeness (QED) is 0.859. The fourth-order valence-electron chi connectivity index (χ4n) is 2.74. The fraction of sp³-hybridized carbons (Fsp3) is 0.600. The van der Waals surface area contributed by atoms with Crippen LogP contribution in [0.2, 0.25) is 0 Å². The number of aryl methyl sites for hydroxylation is 2. The first-order chi connectivity index (χ1) is 9.11. The molecular weight excluding hydrogens is 240 g/mol. The van der Waals surface area contributed by atoms with Crippen molar-refractivity contribution in [2.45, 2.75) is 20.0 Å². The molecule has 0 saturated carbocycles. The van der Waals surface area contributed by atoms with Gasteiger partial charge in [-0.3, -0.25) is 4.90 Å². The second-order valence-corrected chi connectivity index (χ2v) is 5.25. The lowest BCUT2D eigenvalue weighted by Crippen LogP contribution is -2.44. The van der Waals surface area contributed by atoms with E-state index in [1.807, 2.05) is 26.0 Å². The van der Waals surface area contributed by atoms with Gasteiger partial charge in [0.1, 0.15) is 5.75 Å². The molecule has 4 nitrogen and oxygen atoms in total. The van der Waals surface area contributed by atoms with Crippen molar-refractivity contribution < 1.29 is 9.84 Å². The molecule has 1 fully saturated rings. The number of hydrogen-bond acceptors (Lipinski definition) is 4. The molecule has 1 atom stereocenters. The van der Waals surface area contributed by atoms with Gasteiger partial charge in [-0.1, -0.05) is 0 Å². The smallest absolute Gasteiger partial charge is 0.124 e. The second kappa shape index (κ2) is 6.37. The van der Waals surface area contributed by atoms with Gasteiger partial charge in [0.25, 0.3) is 0 Å². The molecule has 1 aromatic carbocycles. The highest BCUT2D eigenvalue weighted by Crippen LogP contribution is 2.27. The Morgan fingerprint density at radius 3 is 2.37 bits per heavy atom. The van der Waals surface area contributed by atoms with Crippen LogP contribution in [0.15, 0.2) is 12.1 Å². The number of nitrogens with one attached hydrogen (secondary N) is 1. The van der Waals surface area contributed by atoms with E-state index in [-0.39, 0.29) is 0 Å². The number of hydrogen-bond donors (Lipinski definition) is 2. The molecule has 0 radical (unpaired) electrons. The Hall–Kier alpha value is -1.10. The van der Waals surface area contributed by atoms with Crippen molar-refractivity contribution in [2.75, 3.05) is 39.8 Å². The predicted molar refractivity (Wildman–Crippen MR) is 76.7 cm³/mol. The van der Waals surface area contributed by atoms with Crippen molar-refractivity contribution in [1.29, 1.82) is 0 Å². The standard InChI is InChI=1S/C15H24N2O2/c1-11-8-13(9-12(2)15(11)19-3)14(18)10-17-6-4-16-5-7-17/h8-9,14,16,18H,4-7,10H2,1-3H3. The van der Waals surface area contributed by atoms with Crippen LogP contribution in [0.5, 0.6) is 5.75 Å². The monoisotopic (exact) mass is 264 g/mol. The summed E-state index contributed by atoms with van der Waals surface area (Å²) in [7, 11) is 1.69. The van der Waals surface area contributed by atoms with Gasteiger partial charge >= 0.3 is 0 Å². The lowest BCUT2D eigenvalue weighted by Gasteiger charge is -2.29.